The third-order valence-corrected chi connectivity index (χ3v) is 10.6. The smallest absolute Gasteiger partial charge is 0.394 e. The number of H-pyrrole nitrogens is 2. The Balaban J connectivity index is 1.35. The van der Waals surface area contributed by atoms with Crippen molar-refractivity contribution in [2.24, 2.45) is 0 Å². The normalized spacial score (nSPS) is 26.1. The van der Waals surface area contributed by atoms with Crippen LogP contribution in [0.15, 0.2) is 26.9 Å². The average Bonchev–Trinajstić information content (AvgIpc) is 3.74. The fraction of sp³-hybridized carbons (Fsp3) is 0.667. The van der Waals surface area contributed by atoms with Gasteiger partial charge in [-0.05, 0) is 27.1 Å². The summed E-state index contributed by atoms with van der Waals surface area (Å²) in [6.45, 7) is 7.11. The molecule has 7 atom stereocenters. The van der Waals surface area contributed by atoms with E-state index in [4.69, 9.17) is 24.3 Å². The van der Waals surface area contributed by atoms with E-state index in [1.807, 2.05) is 13.8 Å². The first-order valence-corrected chi connectivity index (χ1v) is 16.9. The monoisotopic (exact) mass is 683 g/mol. The van der Waals surface area contributed by atoms with Crippen LogP contribution in [0.1, 0.15) is 44.7 Å². The third-order valence-electron chi connectivity index (χ3n) is 8.50. The predicted octanol–water partition coefficient (Wildman–Crippen LogP) is -0.728. The van der Waals surface area contributed by atoms with Crippen molar-refractivity contribution in [3.63, 3.8) is 0 Å². The van der Waals surface area contributed by atoms with Gasteiger partial charge in [0, 0.05) is 37.7 Å². The van der Waals surface area contributed by atoms with E-state index in [1.165, 1.54) is 26.3 Å². The van der Waals surface area contributed by atoms with E-state index in [2.05, 4.69) is 24.8 Å². The number of hydrogen-bond donors (Lipinski definition) is 5. The van der Waals surface area contributed by atoms with Gasteiger partial charge in [-0.25, -0.2) is 19.0 Å². The molecule has 3 aromatic rings. The van der Waals surface area contributed by atoms with Gasteiger partial charge < -0.3 is 30.3 Å². The molecule has 5 rings (SSSR count). The van der Waals surface area contributed by atoms with E-state index in [0.717, 1.165) is 13.1 Å². The highest BCUT2D eigenvalue weighted by Crippen LogP contribution is 2.55. The molecule has 3 aromatic heterocycles. The van der Waals surface area contributed by atoms with Gasteiger partial charge in [0.05, 0.1) is 25.6 Å². The van der Waals surface area contributed by atoms with Crippen LogP contribution in [0.3, 0.4) is 0 Å². The lowest BCUT2D eigenvalue weighted by atomic mass is 10.2. The first-order chi connectivity index (χ1) is 22.4. The van der Waals surface area contributed by atoms with Gasteiger partial charge >= 0.3 is 13.4 Å². The Kier molecular flexibility index (Phi) is 10.8. The summed E-state index contributed by atoms with van der Waals surface area (Å²) in [5.74, 6) is -0.111. The molecule has 2 aliphatic heterocycles. The van der Waals surface area contributed by atoms with Gasteiger partial charge in [0.2, 0.25) is 5.95 Å². The Hall–Kier alpha value is -3.26. The second-order valence-electron chi connectivity index (χ2n) is 11.5. The minimum Gasteiger partial charge on any atom is -0.394 e. The first-order valence-electron chi connectivity index (χ1n) is 15.4. The number of ether oxygens (including phenoxy) is 2. The quantitative estimate of drug-likeness (QED) is 0.132. The molecule has 1 unspecified atom stereocenters. The standard InChI is InChI=1S/C27H42N9O10P/c1-5-34(6-2)8-7-33(4)47(42,43-13-19-16(38)9-20(45-19)35-11-15(3)24(39)32-27(35)41)46-17-10-21(44-18(17)12-37)36-14-29-22-23(36)30-26(28)31-25(22)40/h11,14,16-21,37-38H,5-10,12-13H2,1-4H3,(H,32,39,41)(H3,28,30,31,40)/t16-,17-,18-,19-,20-,21-,47?/m1/s1. The number of nitrogens with one attached hydrogen (secondary N) is 2. The highest BCUT2D eigenvalue weighted by atomic mass is 31.2. The number of hydrogen-bond acceptors (Lipinski definition) is 14. The molecule has 0 amide bonds. The van der Waals surface area contributed by atoms with Crippen molar-refractivity contribution in [3.05, 3.63) is 49.3 Å². The number of nitrogen functional groups attached to an aromatic ring is 1. The van der Waals surface area contributed by atoms with Gasteiger partial charge in [0.1, 0.15) is 30.8 Å². The maximum atomic E-state index is 14.6. The molecule has 6 N–H and O–H groups in total. The fourth-order valence-electron chi connectivity index (χ4n) is 5.63. The molecule has 5 heterocycles. The molecule has 2 saturated heterocycles. The topological polar surface area (TPSA) is 245 Å². The average molecular weight is 684 g/mol. The molecule has 2 fully saturated rings. The van der Waals surface area contributed by atoms with Crippen molar-refractivity contribution in [3.8, 4) is 0 Å². The second kappa shape index (κ2) is 14.5. The molecule has 0 spiro atoms. The van der Waals surface area contributed by atoms with Crippen molar-refractivity contribution in [2.45, 2.75) is 70.5 Å². The third kappa shape index (κ3) is 7.43. The van der Waals surface area contributed by atoms with Gasteiger partial charge in [0.25, 0.3) is 11.1 Å². The number of nitrogens with zero attached hydrogens (tertiary/aromatic N) is 6. The lowest BCUT2D eigenvalue weighted by molar-refractivity contribution is -0.0547. The maximum Gasteiger partial charge on any atom is 0.408 e. The van der Waals surface area contributed by atoms with Crippen molar-refractivity contribution in [1.82, 2.24) is 38.6 Å². The Morgan fingerprint density at radius 1 is 1.09 bits per heavy atom. The zero-order valence-corrected chi connectivity index (χ0v) is 27.5. The first kappa shape index (κ1) is 35.1. The number of likely N-dealkylation sites (N-methyl/N-ethyl adjacent to an activating group) is 2. The summed E-state index contributed by atoms with van der Waals surface area (Å²) in [5, 5.41) is 21.0. The van der Waals surface area contributed by atoms with Crippen LogP contribution in [0, 0.1) is 6.92 Å². The lowest BCUT2D eigenvalue weighted by Crippen LogP contribution is -2.36. The van der Waals surface area contributed by atoms with E-state index in [-0.39, 0.29) is 36.6 Å². The van der Waals surface area contributed by atoms with Gasteiger partial charge in [-0.3, -0.25) is 37.7 Å². The highest BCUT2D eigenvalue weighted by Gasteiger charge is 2.45. The summed E-state index contributed by atoms with van der Waals surface area (Å²) in [4.78, 5) is 51.6. The van der Waals surface area contributed by atoms with Crippen LogP contribution >= 0.6 is 7.75 Å². The van der Waals surface area contributed by atoms with Crippen molar-refractivity contribution in [1.29, 1.82) is 0 Å². The molecule has 19 nitrogen and oxygen atoms in total. The number of aliphatic hydroxyl groups excluding tert-OH is 2. The highest BCUT2D eigenvalue weighted by molar-refractivity contribution is 7.51. The SMILES string of the molecule is CCN(CC)CCN(C)P(=O)(OC[C@H]1O[C@@H](n2cc(C)c(=O)[nH]c2=O)C[C@H]1O)O[C@@H]1C[C@H](n2cnc3c(=O)[nH]c(N)nc32)O[C@@H]1CO. The summed E-state index contributed by atoms with van der Waals surface area (Å²) in [5.41, 5.74) is 4.51. The van der Waals surface area contributed by atoms with Gasteiger partial charge in [0.15, 0.2) is 11.2 Å². The van der Waals surface area contributed by atoms with Gasteiger partial charge in [-0.1, -0.05) is 13.8 Å². The van der Waals surface area contributed by atoms with E-state index < -0.39 is 68.0 Å². The van der Waals surface area contributed by atoms with Crippen LogP contribution in [-0.2, 0) is 23.1 Å². The zero-order valence-electron chi connectivity index (χ0n) is 26.6. The maximum absolute atomic E-state index is 14.6. The summed E-state index contributed by atoms with van der Waals surface area (Å²) < 4.78 is 42.8. The van der Waals surface area contributed by atoms with E-state index >= 15 is 0 Å². The fourth-order valence-corrected chi connectivity index (χ4v) is 7.29. The molecule has 2 aliphatic rings. The van der Waals surface area contributed by atoms with Crippen LogP contribution in [0.5, 0.6) is 0 Å². The summed E-state index contributed by atoms with van der Waals surface area (Å²) in [6, 6.07) is 0. The molecule has 0 aliphatic carbocycles. The zero-order chi connectivity index (χ0) is 34.0. The van der Waals surface area contributed by atoms with Crippen molar-refractivity contribution < 1.29 is 33.3 Å². The Morgan fingerprint density at radius 3 is 2.49 bits per heavy atom. The minimum atomic E-state index is -4.16. The lowest BCUT2D eigenvalue weighted by Gasteiger charge is -2.32. The van der Waals surface area contributed by atoms with Crippen LogP contribution in [0.4, 0.5) is 5.95 Å². The number of aliphatic hydroxyl groups is 2. The summed E-state index contributed by atoms with van der Waals surface area (Å²) in [7, 11) is -2.57. The second-order valence-corrected chi connectivity index (χ2v) is 13.6. The van der Waals surface area contributed by atoms with Crippen LogP contribution in [-0.4, -0.2) is 120 Å². The molecule has 260 valence electrons. The number of nitrogens with two attached hydrogens (primary N) is 1. The number of aryl methyl sites for hydroxylation is 1. The summed E-state index contributed by atoms with van der Waals surface area (Å²) in [6.07, 6.45) is -2.82. The minimum absolute atomic E-state index is 0.0212. The van der Waals surface area contributed by atoms with Crippen molar-refractivity contribution in [2.75, 3.05) is 52.2 Å². The number of aromatic nitrogens is 6. The number of rotatable bonds is 14. The molecule has 20 heteroatoms. The molecule has 0 bridgehead atoms. The number of anilines is 1. The van der Waals surface area contributed by atoms with Crippen molar-refractivity contribution >= 4 is 24.9 Å². The number of aromatic amines is 2. The molecule has 47 heavy (non-hydrogen) atoms. The Labute approximate surface area is 268 Å². The number of imidazole rings is 1. The van der Waals surface area contributed by atoms with E-state index in [9.17, 15) is 29.2 Å². The van der Waals surface area contributed by atoms with E-state index in [1.54, 1.807) is 14.0 Å². The predicted molar refractivity (Wildman–Crippen MR) is 168 cm³/mol. The van der Waals surface area contributed by atoms with Crippen LogP contribution < -0.4 is 22.5 Å². The Bertz CT molecular complexity index is 1770. The largest absolute Gasteiger partial charge is 0.408 e. The molecular weight excluding hydrogens is 641 g/mol. The van der Waals surface area contributed by atoms with Gasteiger partial charge in [-0.2, -0.15) is 4.98 Å². The van der Waals surface area contributed by atoms with E-state index in [0.29, 0.717) is 18.7 Å². The van der Waals surface area contributed by atoms with Crippen LogP contribution in [0.2, 0.25) is 0 Å². The van der Waals surface area contributed by atoms with Crippen LogP contribution in [0.25, 0.3) is 11.2 Å². The molecule has 0 aromatic carbocycles. The Morgan fingerprint density at radius 2 is 1.79 bits per heavy atom. The molecule has 0 radical (unpaired) electrons. The molecular formula is C27H42N9O10P. The summed E-state index contributed by atoms with van der Waals surface area (Å²) >= 11 is 0. The number of fused-ring (bicyclic) bond motifs is 1. The molecule has 0 saturated carbocycles. The van der Waals surface area contributed by atoms with Gasteiger partial charge in [-0.15, -0.1) is 0 Å².